The number of hydrogen-bond donors (Lipinski definition) is 1. The average molecular weight is 477 g/mol. The summed E-state index contributed by atoms with van der Waals surface area (Å²) in [5.74, 6) is 0.897. The minimum Gasteiger partial charge on any atom is -0.355 e. The van der Waals surface area contributed by atoms with Crippen LogP contribution in [0, 0.1) is 0 Å². The summed E-state index contributed by atoms with van der Waals surface area (Å²) in [5.41, 5.74) is 1.98. The highest BCUT2D eigenvalue weighted by atomic mass is 35.5. The van der Waals surface area contributed by atoms with Crippen LogP contribution >= 0.6 is 23.2 Å². The van der Waals surface area contributed by atoms with Gasteiger partial charge < -0.3 is 4.90 Å². The van der Waals surface area contributed by atoms with Gasteiger partial charge in [-0.05, 0) is 49.2 Å². The summed E-state index contributed by atoms with van der Waals surface area (Å²) in [6.45, 7) is 2.03. The molecule has 3 aromatic rings. The molecular formula is C22H22Cl2N4O2S. The summed E-state index contributed by atoms with van der Waals surface area (Å²) >= 11 is 12.0. The van der Waals surface area contributed by atoms with E-state index in [4.69, 9.17) is 23.2 Å². The summed E-state index contributed by atoms with van der Waals surface area (Å²) in [6.07, 6.45) is 4.89. The molecule has 0 radical (unpaired) electrons. The summed E-state index contributed by atoms with van der Waals surface area (Å²) in [5, 5.41) is 8.94. The van der Waals surface area contributed by atoms with Gasteiger partial charge in [0.2, 0.25) is 0 Å². The van der Waals surface area contributed by atoms with Crippen molar-refractivity contribution < 1.29 is 8.42 Å². The van der Waals surface area contributed by atoms with E-state index in [-0.39, 0.29) is 14.9 Å². The van der Waals surface area contributed by atoms with Gasteiger partial charge >= 0.3 is 0 Å². The van der Waals surface area contributed by atoms with E-state index >= 15 is 0 Å². The average Bonchev–Trinajstić information content (AvgIpc) is 3.06. The first-order chi connectivity index (χ1) is 14.9. The van der Waals surface area contributed by atoms with E-state index in [2.05, 4.69) is 19.8 Å². The standard InChI is InChI=1S/C22H22Cl2N4O2S/c23-18-6-5-7-20(22(18)24)31(29,30)27-17-10-8-16(9-11-17)19-12-13-21(26-25-19)28-14-3-1-2-4-15-28/h5-13,27H,1-4,14-15H2. The Bertz CT molecular complexity index is 1150. The lowest BCUT2D eigenvalue weighted by Crippen LogP contribution is -2.25. The van der Waals surface area contributed by atoms with Crippen LogP contribution < -0.4 is 9.62 Å². The lowest BCUT2D eigenvalue weighted by Gasteiger charge is -2.20. The van der Waals surface area contributed by atoms with E-state index in [0.717, 1.165) is 30.2 Å². The number of anilines is 2. The van der Waals surface area contributed by atoms with E-state index in [1.165, 1.54) is 37.8 Å². The molecule has 162 valence electrons. The van der Waals surface area contributed by atoms with Crippen molar-refractivity contribution in [1.29, 1.82) is 0 Å². The predicted octanol–water partition coefficient (Wildman–Crippen LogP) is 5.63. The molecule has 2 heterocycles. The van der Waals surface area contributed by atoms with Crippen molar-refractivity contribution >= 4 is 44.7 Å². The van der Waals surface area contributed by atoms with Crippen molar-refractivity contribution in [3.63, 3.8) is 0 Å². The van der Waals surface area contributed by atoms with Crippen molar-refractivity contribution in [2.75, 3.05) is 22.7 Å². The van der Waals surface area contributed by atoms with Gasteiger partial charge in [-0.25, -0.2) is 8.42 Å². The number of benzene rings is 2. The van der Waals surface area contributed by atoms with Gasteiger partial charge in [-0.2, -0.15) is 0 Å². The van der Waals surface area contributed by atoms with Crippen molar-refractivity contribution in [3.05, 3.63) is 64.6 Å². The molecule has 31 heavy (non-hydrogen) atoms. The lowest BCUT2D eigenvalue weighted by molar-refractivity contribution is 0.601. The third-order valence-corrected chi connectivity index (χ3v) is 7.57. The van der Waals surface area contributed by atoms with Crippen LogP contribution in [0.4, 0.5) is 11.5 Å². The largest absolute Gasteiger partial charge is 0.355 e. The fraction of sp³-hybridized carbons (Fsp3) is 0.273. The molecular weight excluding hydrogens is 455 g/mol. The highest BCUT2D eigenvalue weighted by molar-refractivity contribution is 7.92. The molecule has 1 fully saturated rings. The molecule has 1 aliphatic rings. The zero-order valence-corrected chi connectivity index (χ0v) is 19.1. The van der Waals surface area contributed by atoms with Gasteiger partial charge in [0.15, 0.2) is 5.82 Å². The van der Waals surface area contributed by atoms with E-state index in [9.17, 15) is 8.42 Å². The zero-order chi connectivity index (χ0) is 21.8. The molecule has 1 aliphatic heterocycles. The van der Waals surface area contributed by atoms with Gasteiger partial charge in [0.05, 0.1) is 15.7 Å². The van der Waals surface area contributed by atoms with Crippen LogP contribution in [0.1, 0.15) is 25.7 Å². The Morgan fingerprint density at radius 1 is 0.839 bits per heavy atom. The van der Waals surface area contributed by atoms with Crippen molar-refractivity contribution in [3.8, 4) is 11.3 Å². The number of rotatable bonds is 5. The molecule has 0 amide bonds. The number of sulfonamides is 1. The zero-order valence-electron chi connectivity index (χ0n) is 16.8. The van der Waals surface area contributed by atoms with Gasteiger partial charge in [-0.15, -0.1) is 10.2 Å². The number of halogens is 2. The molecule has 0 unspecified atom stereocenters. The summed E-state index contributed by atoms with van der Waals surface area (Å²) in [6, 6.07) is 15.4. The van der Waals surface area contributed by atoms with Crippen LogP contribution in [0.5, 0.6) is 0 Å². The van der Waals surface area contributed by atoms with Gasteiger partial charge in [-0.3, -0.25) is 4.72 Å². The Hall–Kier alpha value is -2.35. The minimum atomic E-state index is -3.86. The molecule has 0 atom stereocenters. The second kappa shape index (κ2) is 9.42. The number of aromatic nitrogens is 2. The third-order valence-electron chi connectivity index (χ3n) is 5.22. The van der Waals surface area contributed by atoms with Gasteiger partial charge in [0.1, 0.15) is 4.90 Å². The Kier molecular flexibility index (Phi) is 6.65. The van der Waals surface area contributed by atoms with Crippen LogP contribution in [0.15, 0.2) is 59.5 Å². The van der Waals surface area contributed by atoms with Crippen LogP contribution in [0.2, 0.25) is 10.0 Å². The Labute approximate surface area is 192 Å². The highest BCUT2D eigenvalue weighted by Gasteiger charge is 2.19. The minimum absolute atomic E-state index is 0.00643. The molecule has 1 saturated heterocycles. The molecule has 0 spiro atoms. The quantitative estimate of drug-likeness (QED) is 0.516. The maximum Gasteiger partial charge on any atom is 0.263 e. The number of nitrogens with zero attached hydrogens (tertiary/aromatic N) is 3. The van der Waals surface area contributed by atoms with E-state index in [0.29, 0.717) is 5.69 Å². The van der Waals surface area contributed by atoms with Gasteiger partial charge in [-0.1, -0.05) is 54.2 Å². The van der Waals surface area contributed by atoms with Crippen molar-refractivity contribution in [1.82, 2.24) is 10.2 Å². The van der Waals surface area contributed by atoms with Crippen LogP contribution in [0.25, 0.3) is 11.3 Å². The Balaban J connectivity index is 1.48. The lowest BCUT2D eigenvalue weighted by atomic mass is 10.1. The molecule has 1 N–H and O–H groups in total. The third kappa shape index (κ3) is 5.11. The normalized spacial score (nSPS) is 14.8. The topological polar surface area (TPSA) is 75.2 Å². The molecule has 0 bridgehead atoms. The highest BCUT2D eigenvalue weighted by Crippen LogP contribution is 2.30. The Morgan fingerprint density at radius 3 is 2.19 bits per heavy atom. The maximum absolute atomic E-state index is 12.7. The fourth-order valence-electron chi connectivity index (χ4n) is 3.56. The molecule has 6 nitrogen and oxygen atoms in total. The molecule has 0 saturated carbocycles. The fourth-order valence-corrected chi connectivity index (χ4v) is 5.38. The van der Waals surface area contributed by atoms with Crippen molar-refractivity contribution in [2.24, 2.45) is 0 Å². The molecule has 0 aliphatic carbocycles. The van der Waals surface area contributed by atoms with Crippen molar-refractivity contribution in [2.45, 2.75) is 30.6 Å². The first-order valence-electron chi connectivity index (χ1n) is 10.1. The van der Waals surface area contributed by atoms with Crippen LogP contribution in [-0.2, 0) is 10.0 Å². The first-order valence-corrected chi connectivity index (χ1v) is 12.3. The Morgan fingerprint density at radius 2 is 1.55 bits per heavy atom. The van der Waals surface area contributed by atoms with E-state index in [1.54, 1.807) is 30.3 Å². The monoisotopic (exact) mass is 476 g/mol. The number of nitrogens with one attached hydrogen (secondary N) is 1. The van der Waals surface area contributed by atoms with E-state index in [1.807, 2.05) is 12.1 Å². The van der Waals surface area contributed by atoms with Gasteiger partial charge in [0, 0.05) is 24.3 Å². The molecule has 1 aromatic heterocycles. The first kappa shape index (κ1) is 21.9. The summed E-state index contributed by atoms with van der Waals surface area (Å²) < 4.78 is 27.8. The SMILES string of the molecule is O=S(=O)(Nc1ccc(-c2ccc(N3CCCCCC3)nn2)cc1)c1cccc(Cl)c1Cl. The second-order valence-corrected chi connectivity index (χ2v) is 9.85. The summed E-state index contributed by atoms with van der Waals surface area (Å²) in [4.78, 5) is 2.21. The van der Waals surface area contributed by atoms with Crippen LogP contribution in [0.3, 0.4) is 0 Å². The smallest absolute Gasteiger partial charge is 0.263 e. The maximum atomic E-state index is 12.7. The summed E-state index contributed by atoms with van der Waals surface area (Å²) in [7, 11) is -3.86. The molecule has 2 aromatic carbocycles. The second-order valence-electron chi connectivity index (χ2n) is 7.41. The predicted molar refractivity (Wildman–Crippen MR) is 125 cm³/mol. The molecule has 4 rings (SSSR count). The van der Waals surface area contributed by atoms with Gasteiger partial charge in [0.25, 0.3) is 10.0 Å². The number of hydrogen-bond acceptors (Lipinski definition) is 5. The van der Waals surface area contributed by atoms with E-state index < -0.39 is 10.0 Å². The van der Waals surface area contributed by atoms with Crippen LogP contribution in [-0.4, -0.2) is 31.7 Å². The molecule has 9 heteroatoms.